The molecule has 0 bridgehead atoms. The Morgan fingerprint density at radius 3 is 1.93 bits per heavy atom. The van der Waals surface area contributed by atoms with Gasteiger partial charge in [-0.15, -0.1) is 12.4 Å². The van der Waals surface area contributed by atoms with Crippen molar-refractivity contribution in [2.45, 2.75) is 33.2 Å². The number of hydrogen-bond donors (Lipinski definition) is 0. The van der Waals surface area contributed by atoms with Crippen LogP contribution in [-0.4, -0.2) is 18.0 Å². The molecule has 0 amide bonds. The van der Waals surface area contributed by atoms with Gasteiger partial charge < -0.3 is 0 Å². The van der Waals surface area contributed by atoms with E-state index in [9.17, 15) is 0 Å². The van der Waals surface area contributed by atoms with Crippen molar-refractivity contribution in [3.05, 3.63) is 35.9 Å². The summed E-state index contributed by atoms with van der Waals surface area (Å²) >= 11 is 0. The third-order valence-corrected chi connectivity index (χ3v) is 2.82. The summed E-state index contributed by atoms with van der Waals surface area (Å²) in [7, 11) is 0. The second-order valence-electron chi connectivity index (χ2n) is 3.56. The van der Waals surface area contributed by atoms with Crippen LogP contribution in [0.1, 0.15) is 38.8 Å². The van der Waals surface area contributed by atoms with Gasteiger partial charge in [-0.2, -0.15) is 0 Å². The monoisotopic (exact) mass is 227 g/mol. The van der Waals surface area contributed by atoms with Gasteiger partial charge in [-0.25, -0.2) is 0 Å². The van der Waals surface area contributed by atoms with E-state index in [-0.39, 0.29) is 12.4 Å². The van der Waals surface area contributed by atoms with Gasteiger partial charge in [-0.1, -0.05) is 51.1 Å². The average Bonchev–Trinajstić information content (AvgIpc) is 2.27. The first-order chi connectivity index (χ1) is 6.83. The zero-order chi connectivity index (χ0) is 10.4. The minimum Gasteiger partial charge on any atom is -0.297 e. The van der Waals surface area contributed by atoms with Crippen LogP contribution in [0.2, 0.25) is 0 Å². The summed E-state index contributed by atoms with van der Waals surface area (Å²) in [6.07, 6.45) is 1.19. The lowest BCUT2D eigenvalue weighted by Crippen LogP contribution is -2.27. The Kier molecular flexibility index (Phi) is 7.45. The van der Waals surface area contributed by atoms with Gasteiger partial charge in [0.2, 0.25) is 0 Å². The molecule has 0 N–H and O–H groups in total. The minimum absolute atomic E-state index is 0. The molecule has 1 rings (SSSR count). The van der Waals surface area contributed by atoms with Crippen molar-refractivity contribution in [1.82, 2.24) is 4.90 Å². The second-order valence-corrected chi connectivity index (χ2v) is 3.56. The smallest absolute Gasteiger partial charge is 0.0345 e. The van der Waals surface area contributed by atoms with Gasteiger partial charge >= 0.3 is 0 Å². The van der Waals surface area contributed by atoms with Crippen LogP contribution in [-0.2, 0) is 0 Å². The highest BCUT2D eigenvalue weighted by molar-refractivity contribution is 5.85. The molecule has 0 saturated heterocycles. The number of rotatable bonds is 5. The molecule has 0 aliphatic carbocycles. The highest BCUT2D eigenvalue weighted by Crippen LogP contribution is 2.22. The number of halogens is 1. The quantitative estimate of drug-likeness (QED) is 0.738. The molecule has 1 nitrogen and oxygen atoms in total. The first-order valence-corrected chi connectivity index (χ1v) is 5.62. The molecule has 0 radical (unpaired) electrons. The molecule has 0 saturated carbocycles. The molecule has 1 atom stereocenters. The third-order valence-electron chi connectivity index (χ3n) is 2.82. The summed E-state index contributed by atoms with van der Waals surface area (Å²) in [6.45, 7) is 8.98. The van der Waals surface area contributed by atoms with Crippen LogP contribution in [0.15, 0.2) is 30.3 Å². The minimum atomic E-state index is 0. The lowest BCUT2D eigenvalue weighted by atomic mass is 10.0. The van der Waals surface area contributed by atoms with Gasteiger partial charge in [0.1, 0.15) is 0 Å². The fraction of sp³-hybridized carbons (Fsp3) is 0.538. The standard InChI is InChI=1S/C13H21N.ClH/c1-4-13(14(5-2)6-3)12-10-8-7-9-11-12;/h7-11,13H,4-6H2,1-3H3;1H. The molecule has 0 spiro atoms. The van der Waals surface area contributed by atoms with Crippen molar-refractivity contribution in [1.29, 1.82) is 0 Å². The first-order valence-electron chi connectivity index (χ1n) is 5.62. The van der Waals surface area contributed by atoms with Gasteiger partial charge in [0.25, 0.3) is 0 Å². The zero-order valence-corrected chi connectivity index (χ0v) is 10.8. The fourth-order valence-corrected chi connectivity index (χ4v) is 2.04. The van der Waals surface area contributed by atoms with E-state index >= 15 is 0 Å². The van der Waals surface area contributed by atoms with Crippen LogP contribution in [0.3, 0.4) is 0 Å². The van der Waals surface area contributed by atoms with Crippen LogP contribution >= 0.6 is 12.4 Å². The maximum atomic E-state index is 2.51. The molecule has 0 aliphatic rings. The van der Waals surface area contributed by atoms with Gasteiger partial charge in [0.05, 0.1) is 0 Å². The summed E-state index contributed by atoms with van der Waals surface area (Å²) in [5, 5.41) is 0. The van der Waals surface area contributed by atoms with Gasteiger partial charge in [0.15, 0.2) is 0 Å². The van der Waals surface area contributed by atoms with Gasteiger partial charge in [-0.05, 0) is 25.1 Å². The van der Waals surface area contributed by atoms with Crippen molar-refractivity contribution >= 4 is 12.4 Å². The van der Waals surface area contributed by atoms with Crippen LogP contribution in [0.5, 0.6) is 0 Å². The number of hydrogen-bond acceptors (Lipinski definition) is 1. The highest BCUT2D eigenvalue weighted by Gasteiger charge is 2.14. The Bertz CT molecular complexity index is 244. The van der Waals surface area contributed by atoms with Gasteiger partial charge in [0, 0.05) is 6.04 Å². The van der Waals surface area contributed by atoms with E-state index in [1.165, 1.54) is 12.0 Å². The van der Waals surface area contributed by atoms with Gasteiger partial charge in [-0.3, -0.25) is 4.90 Å². The van der Waals surface area contributed by atoms with E-state index in [2.05, 4.69) is 56.0 Å². The molecule has 0 fully saturated rings. The fourth-order valence-electron chi connectivity index (χ4n) is 2.04. The lowest BCUT2D eigenvalue weighted by molar-refractivity contribution is 0.213. The van der Waals surface area contributed by atoms with E-state index in [1.54, 1.807) is 0 Å². The van der Waals surface area contributed by atoms with E-state index in [0.29, 0.717) is 6.04 Å². The third kappa shape index (κ3) is 3.84. The van der Waals surface area contributed by atoms with Crippen LogP contribution < -0.4 is 0 Å². The van der Waals surface area contributed by atoms with E-state index in [0.717, 1.165) is 13.1 Å². The van der Waals surface area contributed by atoms with Crippen LogP contribution in [0.25, 0.3) is 0 Å². The molecule has 1 unspecified atom stereocenters. The molecule has 86 valence electrons. The Balaban J connectivity index is 0.00000196. The Morgan fingerprint density at radius 1 is 1.00 bits per heavy atom. The van der Waals surface area contributed by atoms with Crippen molar-refractivity contribution in [2.75, 3.05) is 13.1 Å². The topological polar surface area (TPSA) is 3.24 Å². The summed E-state index contributed by atoms with van der Waals surface area (Å²) < 4.78 is 0. The Labute approximate surface area is 99.9 Å². The Hall–Kier alpha value is -0.530. The van der Waals surface area contributed by atoms with Crippen molar-refractivity contribution in [3.63, 3.8) is 0 Å². The predicted molar refractivity (Wildman–Crippen MR) is 69.6 cm³/mol. The van der Waals surface area contributed by atoms with Crippen molar-refractivity contribution in [2.24, 2.45) is 0 Å². The maximum absolute atomic E-state index is 2.51. The molecule has 1 aromatic rings. The molecular weight excluding hydrogens is 206 g/mol. The van der Waals surface area contributed by atoms with Crippen LogP contribution in [0, 0.1) is 0 Å². The first kappa shape index (κ1) is 14.5. The molecule has 15 heavy (non-hydrogen) atoms. The second kappa shape index (κ2) is 7.72. The molecule has 2 heteroatoms. The van der Waals surface area contributed by atoms with Crippen molar-refractivity contribution < 1.29 is 0 Å². The zero-order valence-electron chi connectivity index (χ0n) is 9.94. The SMILES string of the molecule is CCC(c1ccccc1)N(CC)CC.Cl. The summed E-state index contributed by atoms with van der Waals surface area (Å²) in [5.74, 6) is 0. The molecule has 1 aromatic carbocycles. The molecule has 0 aromatic heterocycles. The normalized spacial score (nSPS) is 12.3. The summed E-state index contributed by atoms with van der Waals surface area (Å²) in [6, 6.07) is 11.4. The number of nitrogens with zero attached hydrogens (tertiary/aromatic N) is 1. The lowest BCUT2D eigenvalue weighted by Gasteiger charge is -2.29. The van der Waals surface area contributed by atoms with E-state index < -0.39 is 0 Å². The van der Waals surface area contributed by atoms with Crippen LogP contribution in [0.4, 0.5) is 0 Å². The molecule has 0 aliphatic heterocycles. The maximum Gasteiger partial charge on any atom is 0.0345 e. The number of benzene rings is 1. The predicted octanol–water partition coefficient (Wildman–Crippen LogP) is 3.90. The summed E-state index contributed by atoms with van der Waals surface area (Å²) in [5.41, 5.74) is 1.44. The van der Waals surface area contributed by atoms with Crippen molar-refractivity contribution in [3.8, 4) is 0 Å². The van der Waals surface area contributed by atoms with E-state index in [1.807, 2.05) is 0 Å². The average molecular weight is 228 g/mol. The van der Waals surface area contributed by atoms with E-state index in [4.69, 9.17) is 0 Å². The molecular formula is C13H22ClN. The Morgan fingerprint density at radius 2 is 1.53 bits per heavy atom. The summed E-state index contributed by atoms with van der Waals surface area (Å²) in [4.78, 5) is 2.51. The largest absolute Gasteiger partial charge is 0.297 e. The molecule has 0 heterocycles. The highest BCUT2D eigenvalue weighted by atomic mass is 35.5.